The summed E-state index contributed by atoms with van der Waals surface area (Å²) in [7, 11) is 0. The smallest absolute Gasteiger partial charge is 0.308 e. The van der Waals surface area contributed by atoms with Crippen LogP contribution >= 0.6 is 15.9 Å². The van der Waals surface area contributed by atoms with E-state index >= 15 is 0 Å². The summed E-state index contributed by atoms with van der Waals surface area (Å²) >= 11 is 3.71. The molecular formula is C22H25BrO5. The van der Waals surface area contributed by atoms with E-state index in [0.29, 0.717) is 17.2 Å². The lowest BCUT2D eigenvalue weighted by Crippen LogP contribution is -2.50. The lowest BCUT2D eigenvalue weighted by Gasteiger charge is -2.51. The van der Waals surface area contributed by atoms with Crippen LogP contribution in [0.25, 0.3) is 0 Å². The normalized spacial score (nSPS) is 36.1. The fourth-order valence-electron chi connectivity index (χ4n) is 5.94. The molecule has 0 aliphatic heterocycles. The molecule has 5 nitrogen and oxygen atoms in total. The van der Waals surface area contributed by atoms with Gasteiger partial charge in [-0.05, 0) is 61.1 Å². The van der Waals surface area contributed by atoms with Crippen LogP contribution in [0.5, 0.6) is 5.75 Å². The Balaban J connectivity index is 1.69. The topological polar surface area (TPSA) is 69.7 Å². The highest BCUT2D eigenvalue weighted by Gasteiger charge is 2.59. The maximum Gasteiger partial charge on any atom is 0.308 e. The molecule has 0 amide bonds. The first-order chi connectivity index (χ1) is 13.2. The van der Waals surface area contributed by atoms with Crippen molar-refractivity contribution in [3.05, 3.63) is 29.3 Å². The number of rotatable bonds is 2. The van der Waals surface area contributed by atoms with Crippen molar-refractivity contribution < 1.29 is 23.9 Å². The number of esters is 2. The summed E-state index contributed by atoms with van der Waals surface area (Å²) in [6.45, 7) is 5.04. The van der Waals surface area contributed by atoms with E-state index < -0.39 is 5.97 Å². The number of halogens is 1. The first-order valence-corrected chi connectivity index (χ1v) is 10.8. The van der Waals surface area contributed by atoms with E-state index in [1.807, 2.05) is 6.07 Å². The third kappa shape index (κ3) is 3.00. The maximum absolute atomic E-state index is 13.2. The van der Waals surface area contributed by atoms with Crippen LogP contribution < -0.4 is 4.74 Å². The van der Waals surface area contributed by atoms with Crippen LogP contribution in [0.2, 0.25) is 0 Å². The number of hydrogen-bond donors (Lipinski definition) is 0. The number of Topliss-reactive ketones (excluding diaryl/α,β-unsaturated/α-hetero) is 1. The predicted octanol–water partition coefficient (Wildman–Crippen LogP) is 4.41. The van der Waals surface area contributed by atoms with Crippen LogP contribution in [0.15, 0.2) is 18.2 Å². The Morgan fingerprint density at radius 1 is 1.14 bits per heavy atom. The predicted molar refractivity (Wildman–Crippen MR) is 107 cm³/mol. The first-order valence-electron chi connectivity index (χ1n) is 9.90. The van der Waals surface area contributed by atoms with Gasteiger partial charge < -0.3 is 9.47 Å². The quantitative estimate of drug-likeness (QED) is 0.380. The molecule has 0 unspecified atom stereocenters. The van der Waals surface area contributed by atoms with Crippen molar-refractivity contribution in [1.29, 1.82) is 0 Å². The molecule has 0 heterocycles. The van der Waals surface area contributed by atoms with Crippen LogP contribution in [0.1, 0.15) is 68.3 Å². The Hall–Kier alpha value is -1.69. The SMILES string of the molecule is CC(=O)Oc1ccc2c(c1)C(=O)[C@@H](Br)[C@@H]1[C@@H]2CC[C@@]2(C)[C@@H](OC(C)=O)CC[C@H]12. The fraction of sp³-hybridized carbons (Fsp3) is 0.591. The maximum atomic E-state index is 13.2. The number of fused-ring (bicyclic) bond motifs is 5. The van der Waals surface area contributed by atoms with Gasteiger partial charge in [0.05, 0.1) is 4.83 Å². The van der Waals surface area contributed by atoms with Gasteiger partial charge in [0.25, 0.3) is 0 Å². The first kappa shape index (κ1) is 19.6. The highest BCUT2D eigenvalue weighted by atomic mass is 79.9. The Kier molecular flexibility index (Phi) is 4.89. The number of carbonyl (C=O) groups is 3. The van der Waals surface area contributed by atoms with Gasteiger partial charge in [-0.3, -0.25) is 14.4 Å². The van der Waals surface area contributed by atoms with Gasteiger partial charge in [0.15, 0.2) is 5.78 Å². The van der Waals surface area contributed by atoms with Gasteiger partial charge in [-0.15, -0.1) is 0 Å². The monoisotopic (exact) mass is 448 g/mol. The minimum absolute atomic E-state index is 0.0467. The molecule has 6 atom stereocenters. The Bertz CT molecular complexity index is 849. The van der Waals surface area contributed by atoms with Gasteiger partial charge in [-0.1, -0.05) is 28.9 Å². The van der Waals surface area contributed by atoms with Crippen molar-refractivity contribution >= 4 is 33.7 Å². The molecule has 3 aliphatic rings. The van der Waals surface area contributed by atoms with E-state index in [4.69, 9.17) is 9.47 Å². The molecule has 0 aromatic heterocycles. The second-order valence-corrected chi connectivity index (χ2v) is 9.61. The molecule has 0 spiro atoms. The number of ketones is 1. The summed E-state index contributed by atoms with van der Waals surface area (Å²) < 4.78 is 10.8. The molecule has 0 N–H and O–H groups in total. The van der Waals surface area contributed by atoms with Crippen molar-refractivity contribution in [2.24, 2.45) is 17.3 Å². The van der Waals surface area contributed by atoms with Gasteiger partial charge in [0.1, 0.15) is 11.9 Å². The largest absolute Gasteiger partial charge is 0.462 e. The molecule has 150 valence electrons. The number of alkyl halides is 1. The number of ether oxygens (including phenoxy) is 2. The minimum Gasteiger partial charge on any atom is -0.462 e. The summed E-state index contributed by atoms with van der Waals surface area (Å²) in [6.07, 6.45) is 3.67. The Morgan fingerprint density at radius 3 is 2.57 bits per heavy atom. The molecule has 0 radical (unpaired) electrons. The Labute approximate surface area is 173 Å². The van der Waals surface area contributed by atoms with Crippen molar-refractivity contribution in [2.45, 2.75) is 63.3 Å². The lowest BCUT2D eigenvalue weighted by atomic mass is 9.55. The summed E-state index contributed by atoms with van der Waals surface area (Å²) in [4.78, 5) is 35.7. The molecule has 1 aromatic rings. The van der Waals surface area contributed by atoms with E-state index in [-0.39, 0.29) is 39.9 Å². The van der Waals surface area contributed by atoms with Crippen molar-refractivity contribution in [1.82, 2.24) is 0 Å². The lowest BCUT2D eigenvalue weighted by molar-refractivity contribution is -0.154. The van der Waals surface area contributed by atoms with E-state index in [2.05, 4.69) is 22.9 Å². The average Bonchev–Trinajstić information content (AvgIpc) is 2.94. The molecule has 2 saturated carbocycles. The molecular weight excluding hydrogens is 424 g/mol. The van der Waals surface area contributed by atoms with E-state index in [9.17, 15) is 14.4 Å². The molecule has 28 heavy (non-hydrogen) atoms. The van der Waals surface area contributed by atoms with Gasteiger partial charge >= 0.3 is 11.9 Å². The third-order valence-corrected chi connectivity index (χ3v) is 8.12. The fourth-order valence-corrected chi connectivity index (χ4v) is 6.92. The second-order valence-electron chi connectivity index (χ2n) is 8.62. The molecule has 3 aliphatic carbocycles. The molecule has 0 saturated heterocycles. The summed E-state index contributed by atoms with van der Waals surface area (Å²) in [6, 6.07) is 5.43. The second kappa shape index (κ2) is 6.97. The minimum atomic E-state index is -0.396. The zero-order valence-corrected chi connectivity index (χ0v) is 18.0. The molecule has 1 aromatic carbocycles. The van der Waals surface area contributed by atoms with Gasteiger partial charge in [0, 0.05) is 24.8 Å². The number of carbonyl (C=O) groups excluding carboxylic acids is 3. The molecule has 2 fully saturated rings. The summed E-state index contributed by atoms with van der Waals surface area (Å²) in [5.74, 6) is 0.612. The van der Waals surface area contributed by atoms with Gasteiger partial charge in [-0.2, -0.15) is 0 Å². The Morgan fingerprint density at radius 2 is 1.89 bits per heavy atom. The van der Waals surface area contributed by atoms with Crippen molar-refractivity contribution in [3.63, 3.8) is 0 Å². The average molecular weight is 449 g/mol. The van der Waals surface area contributed by atoms with Gasteiger partial charge in [-0.25, -0.2) is 0 Å². The summed E-state index contributed by atoms with van der Waals surface area (Å²) in [5, 5.41) is 0. The highest BCUT2D eigenvalue weighted by molar-refractivity contribution is 9.10. The van der Waals surface area contributed by atoms with Gasteiger partial charge in [0.2, 0.25) is 0 Å². The zero-order chi connectivity index (χ0) is 20.2. The standard InChI is InChI=1S/C22H25BrO5/c1-11(24)27-13-4-5-14-15-8-9-22(3)17(6-7-18(22)28-12(2)25)19(15)20(23)21(26)16(14)10-13/h4-5,10,15,17-20H,6-9H2,1-3H3/t15-,17-,18+,19-,20+,22-/m1/s1. The third-order valence-electron chi connectivity index (χ3n) is 7.09. The van der Waals surface area contributed by atoms with E-state index in [1.165, 1.54) is 13.8 Å². The van der Waals surface area contributed by atoms with Crippen LogP contribution in [0.4, 0.5) is 0 Å². The summed E-state index contributed by atoms with van der Waals surface area (Å²) in [5.41, 5.74) is 1.62. The molecule has 4 rings (SSSR count). The van der Waals surface area contributed by atoms with Crippen LogP contribution in [-0.4, -0.2) is 28.7 Å². The van der Waals surface area contributed by atoms with Crippen LogP contribution in [-0.2, 0) is 14.3 Å². The molecule has 6 heteroatoms. The zero-order valence-electron chi connectivity index (χ0n) is 16.4. The van der Waals surface area contributed by atoms with Crippen LogP contribution in [0.3, 0.4) is 0 Å². The van der Waals surface area contributed by atoms with Crippen molar-refractivity contribution in [2.75, 3.05) is 0 Å². The molecule has 0 bridgehead atoms. The number of benzene rings is 1. The van der Waals surface area contributed by atoms with Crippen LogP contribution in [0, 0.1) is 17.3 Å². The van der Waals surface area contributed by atoms with Crippen molar-refractivity contribution in [3.8, 4) is 5.75 Å². The van der Waals surface area contributed by atoms with E-state index in [0.717, 1.165) is 31.2 Å². The highest BCUT2D eigenvalue weighted by Crippen LogP contribution is 2.62. The number of hydrogen-bond acceptors (Lipinski definition) is 5. The van der Waals surface area contributed by atoms with E-state index in [1.54, 1.807) is 12.1 Å².